The Hall–Kier alpha value is -3.14. The summed E-state index contributed by atoms with van der Waals surface area (Å²) < 4.78 is 16.6. The van der Waals surface area contributed by atoms with Crippen molar-refractivity contribution in [1.82, 2.24) is 14.8 Å². The number of H-pyrrole nitrogens is 1. The van der Waals surface area contributed by atoms with E-state index in [-0.39, 0.29) is 5.56 Å². The molecule has 0 atom stereocenters. The van der Waals surface area contributed by atoms with Crippen molar-refractivity contribution in [2.45, 2.75) is 19.9 Å². The molecule has 4 rings (SSSR count). The molecule has 9 heteroatoms. The van der Waals surface area contributed by atoms with E-state index in [4.69, 9.17) is 26.4 Å². The van der Waals surface area contributed by atoms with E-state index in [1.807, 2.05) is 60.4 Å². The Morgan fingerprint density at radius 1 is 1.19 bits per heavy atom. The van der Waals surface area contributed by atoms with Gasteiger partial charge in [-0.15, -0.1) is 0 Å². The van der Waals surface area contributed by atoms with Gasteiger partial charge in [-0.2, -0.15) is 0 Å². The highest BCUT2D eigenvalue weighted by molar-refractivity contribution is 7.80. The number of benzene rings is 2. The van der Waals surface area contributed by atoms with E-state index >= 15 is 0 Å². The van der Waals surface area contributed by atoms with Crippen LogP contribution in [0.15, 0.2) is 53.3 Å². The van der Waals surface area contributed by atoms with Gasteiger partial charge in [0.15, 0.2) is 5.11 Å². The fourth-order valence-electron chi connectivity index (χ4n) is 4.31. The summed E-state index contributed by atoms with van der Waals surface area (Å²) in [6.07, 6.45) is 0.910. The summed E-state index contributed by atoms with van der Waals surface area (Å²) in [5, 5.41) is 4.79. The largest absolute Gasteiger partial charge is 0.495 e. The van der Waals surface area contributed by atoms with Gasteiger partial charge in [0, 0.05) is 42.6 Å². The third-order valence-electron chi connectivity index (χ3n) is 6.21. The summed E-state index contributed by atoms with van der Waals surface area (Å²) >= 11 is 5.82. The maximum Gasteiger partial charge on any atom is 0.253 e. The predicted octanol–water partition coefficient (Wildman–Crippen LogP) is 3.86. The van der Waals surface area contributed by atoms with E-state index in [2.05, 4.69) is 15.2 Å². The SMILES string of the molecule is CCOc1ccc2[nH]c(=O)c(CN(CCCN3CCOCC3)C(=S)Nc3ccccc3OC)cc2c1. The minimum absolute atomic E-state index is 0.120. The Kier molecular flexibility index (Phi) is 9.16. The molecule has 0 aliphatic carbocycles. The third-order valence-corrected chi connectivity index (χ3v) is 6.57. The number of aromatic amines is 1. The zero-order chi connectivity index (χ0) is 25.3. The number of aromatic nitrogens is 1. The number of anilines is 1. The molecule has 2 aromatic carbocycles. The van der Waals surface area contributed by atoms with Gasteiger partial charge in [-0.1, -0.05) is 12.1 Å². The molecule has 0 spiro atoms. The fourth-order valence-corrected chi connectivity index (χ4v) is 4.58. The average molecular weight is 511 g/mol. The molecule has 0 saturated carbocycles. The zero-order valence-electron chi connectivity index (χ0n) is 20.9. The van der Waals surface area contributed by atoms with Crippen molar-refractivity contribution < 1.29 is 14.2 Å². The van der Waals surface area contributed by atoms with Crippen LogP contribution in [0.3, 0.4) is 0 Å². The molecule has 3 aromatic rings. The standard InChI is InChI=1S/C27H34N4O4S/c1-3-35-22-9-10-23-20(18-22)17-21(26(32)28-23)19-31(12-6-11-30-13-15-34-16-14-30)27(36)29-24-7-4-5-8-25(24)33-2/h4-5,7-10,17-18H,3,6,11-16,19H2,1-2H3,(H,28,32)(H,29,36). The minimum atomic E-state index is -0.120. The van der Waals surface area contributed by atoms with Gasteiger partial charge in [0.2, 0.25) is 0 Å². The van der Waals surface area contributed by atoms with Crippen LogP contribution in [0.2, 0.25) is 0 Å². The number of nitrogens with zero attached hydrogens (tertiary/aromatic N) is 2. The highest BCUT2D eigenvalue weighted by atomic mass is 32.1. The van der Waals surface area contributed by atoms with Crippen LogP contribution in [0, 0.1) is 0 Å². The monoisotopic (exact) mass is 510 g/mol. The van der Waals surface area contributed by atoms with Crippen LogP contribution < -0.4 is 20.3 Å². The molecule has 0 amide bonds. The van der Waals surface area contributed by atoms with E-state index in [0.29, 0.717) is 36.1 Å². The van der Waals surface area contributed by atoms with Gasteiger partial charge >= 0.3 is 0 Å². The third kappa shape index (κ3) is 6.75. The molecule has 192 valence electrons. The van der Waals surface area contributed by atoms with Crippen LogP contribution in [0.4, 0.5) is 5.69 Å². The first-order valence-electron chi connectivity index (χ1n) is 12.3. The number of para-hydroxylation sites is 2. The predicted molar refractivity (Wildman–Crippen MR) is 147 cm³/mol. The number of morpholine rings is 1. The molecule has 2 N–H and O–H groups in total. The van der Waals surface area contributed by atoms with Crippen molar-refractivity contribution in [3.63, 3.8) is 0 Å². The van der Waals surface area contributed by atoms with Crippen LogP contribution in [-0.4, -0.2) is 73.0 Å². The van der Waals surface area contributed by atoms with Gasteiger partial charge in [-0.3, -0.25) is 9.69 Å². The average Bonchev–Trinajstić information content (AvgIpc) is 2.89. The number of hydrogen-bond acceptors (Lipinski definition) is 6. The number of methoxy groups -OCH3 is 1. The van der Waals surface area contributed by atoms with Crippen LogP contribution >= 0.6 is 12.2 Å². The van der Waals surface area contributed by atoms with Crippen LogP contribution in [0.1, 0.15) is 18.9 Å². The summed E-state index contributed by atoms with van der Waals surface area (Å²) in [6.45, 7) is 7.99. The topological polar surface area (TPSA) is 79.1 Å². The molecule has 1 aliphatic rings. The van der Waals surface area contributed by atoms with Gasteiger partial charge in [0.25, 0.3) is 5.56 Å². The molecule has 1 aliphatic heterocycles. The lowest BCUT2D eigenvalue weighted by Gasteiger charge is -2.29. The van der Waals surface area contributed by atoms with Crippen LogP contribution in [-0.2, 0) is 11.3 Å². The zero-order valence-corrected chi connectivity index (χ0v) is 21.7. The number of hydrogen-bond donors (Lipinski definition) is 2. The van der Waals surface area contributed by atoms with Crippen molar-refractivity contribution in [3.05, 3.63) is 64.4 Å². The number of fused-ring (bicyclic) bond motifs is 1. The Labute approximate surface area is 217 Å². The quantitative estimate of drug-likeness (QED) is 0.398. The van der Waals surface area contributed by atoms with E-state index in [1.54, 1.807) is 7.11 Å². The first-order chi connectivity index (χ1) is 17.6. The second-order valence-electron chi connectivity index (χ2n) is 8.67. The first kappa shape index (κ1) is 25.9. The Balaban J connectivity index is 1.54. The maximum atomic E-state index is 13.0. The number of nitrogens with one attached hydrogen (secondary N) is 2. The van der Waals surface area contributed by atoms with Gasteiger partial charge in [-0.05, 0) is 62.0 Å². The normalized spacial score (nSPS) is 13.9. The first-order valence-corrected chi connectivity index (χ1v) is 12.8. The molecule has 0 unspecified atom stereocenters. The number of pyridine rings is 1. The summed E-state index contributed by atoms with van der Waals surface area (Å²) in [4.78, 5) is 20.4. The van der Waals surface area contributed by atoms with E-state index in [9.17, 15) is 4.79 Å². The van der Waals surface area contributed by atoms with Crippen molar-refractivity contribution in [3.8, 4) is 11.5 Å². The summed E-state index contributed by atoms with van der Waals surface area (Å²) in [7, 11) is 1.63. The Bertz CT molecular complexity index is 1230. The number of thiocarbonyl (C=S) groups is 1. The fraction of sp³-hybridized carbons (Fsp3) is 0.407. The molecule has 1 aromatic heterocycles. The summed E-state index contributed by atoms with van der Waals surface area (Å²) in [6, 6.07) is 15.3. The Morgan fingerprint density at radius 3 is 2.78 bits per heavy atom. The van der Waals surface area contributed by atoms with E-state index in [0.717, 1.165) is 61.6 Å². The molecular formula is C27H34N4O4S. The molecule has 0 radical (unpaired) electrons. The van der Waals surface area contributed by atoms with Gasteiger partial charge in [0.05, 0.1) is 39.2 Å². The highest BCUT2D eigenvalue weighted by Gasteiger charge is 2.17. The molecular weight excluding hydrogens is 476 g/mol. The second kappa shape index (κ2) is 12.7. The molecule has 2 heterocycles. The van der Waals surface area contributed by atoms with E-state index < -0.39 is 0 Å². The van der Waals surface area contributed by atoms with Crippen molar-refractivity contribution in [1.29, 1.82) is 0 Å². The smallest absolute Gasteiger partial charge is 0.253 e. The summed E-state index contributed by atoms with van der Waals surface area (Å²) in [5.74, 6) is 1.49. The van der Waals surface area contributed by atoms with Gasteiger partial charge < -0.3 is 29.4 Å². The number of ether oxygens (including phenoxy) is 3. The molecule has 36 heavy (non-hydrogen) atoms. The minimum Gasteiger partial charge on any atom is -0.495 e. The summed E-state index contributed by atoms with van der Waals surface area (Å²) in [5.41, 5.74) is 2.09. The maximum absolute atomic E-state index is 13.0. The van der Waals surface area contributed by atoms with Crippen molar-refractivity contribution in [2.75, 3.05) is 58.4 Å². The second-order valence-corrected chi connectivity index (χ2v) is 9.05. The van der Waals surface area contributed by atoms with E-state index in [1.165, 1.54) is 0 Å². The van der Waals surface area contributed by atoms with Crippen molar-refractivity contribution >= 4 is 33.9 Å². The lowest BCUT2D eigenvalue weighted by Crippen LogP contribution is -2.40. The van der Waals surface area contributed by atoms with Crippen molar-refractivity contribution in [2.24, 2.45) is 0 Å². The molecule has 0 bridgehead atoms. The Morgan fingerprint density at radius 2 is 2.00 bits per heavy atom. The lowest BCUT2D eigenvalue weighted by atomic mass is 10.1. The molecule has 1 fully saturated rings. The molecule has 1 saturated heterocycles. The van der Waals surface area contributed by atoms with Gasteiger partial charge in [-0.25, -0.2) is 0 Å². The van der Waals surface area contributed by atoms with Gasteiger partial charge in [0.1, 0.15) is 11.5 Å². The van der Waals surface area contributed by atoms with Crippen LogP contribution in [0.25, 0.3) is 10.9 Å². The lowest BCUT2D eigenvalue weighted by molar-refractivity contribution is 0.0367. The highest BCUT2D eigenvalue weighted by Crippen LogP contribution is 2.24. The van der Waals surface area contributed by atoms with Crippen LogP contribution in [0.5, 0.6) is 11.5 Å². The molecule has 8 nitrogen and oxygen atoms in total. The number of rotatable bonds is 10.